The Balaban J connectivity index is 1.56. The molecule has 0 aliphatic heterocycles. The van der Waals surface area contributed by atoms with E-state index in [1.807, 2.05) is 12.1 Å². The summed E-state index contributed by atoms with van der Waals surface area (Å²) in [6.45, 7) is 2.24. The number of fused-ring (bicyclic) bond motifs is 1. The highest BCUT2D eigenvalue weighted by molar-refractivity contribution is 6.30. The molecule has 106 valence electrons. The van der Waals surface area contributed by atoms with Crippen molar-refractivity contribution in [3.05, 3.63) is 34.9 Å². The molecule has 3 rings (SSSR count). The van der Waals surface area contributed by atoms with Crippen molar-refractivity contribution in [1.82, 2.24) is 5.43 Å². The van der Waals surface area contributed by atoms with Crippen LogP contribution in [-0.2, 0) is 4.79 Å². The van der Waals surface area contributed by atoms with Crippen molar-refractivity contribution in [2.45, 2.75) is 32.6 Å². The first kappa shape index (κ1) is 13.6. The standard InChI is InChI=1S/C16H19ClN2O/c1-16-9-3-2-4-13(16)14(16)15(20)19-18-10-11-5-7-12(17)8-6-11/h5-8,10,13-14H,2-4,9H2,1H3,(H,19,20)/b18-10-/t13-,14-,16-/m0/s1. The Kier molecular flexibility index (Phi) is 3.55. The van der Waals surface area contributed by atoms with Gasteiger partial charge in [-0.3, -0.25) is 4.79 Å². The second-order valence-electron chi connectivity index (χ2n) is 6.12. The predicted octanol–water partition coefficient (Wildman–Crippen LogP) is 3.62. The summed E-state index contributed by atoms with van der Waals surface area (Å²) in [6.07, 6.45) is 6.54. The van der Waals surface area contributed by atoms with Crippen LogP contribution in [0.4, 0.5) is 0 Å². The van der Waals surface area contributed by atoms with E-state index in [-0.39, 0.29) is 17.2 Å². The molecule has 1 amide bonds. The highest BCUT2D eigenvalue weighted by atomic mass is 35.5. The number of carbonyl (C=O) groups excluding carboxylic acids is 1. The number of nitrogens with one attached hydrogen (secondary N) is 1. The van der Waals surface area contributed by atoms with Crippen molar-refractivity contribution in [3.63, 3.8) is 0 Å². The monoisotopic (exact) mass is 290 g/mol. The van der Waals surface area contributed by atoms with E-state index in [2.05, 4.69) is 17.5 Å². The van der Waals surface area contributed by atoms with Crippen molar-refractivity contribution >= 4 is 23.7 Å². The lowest BCUT2D eigenvalue weighted by Gasteiger charge is -2.15. The molecule has 0 saturated heterocycles. The lowest BCUT2D eigenvalue weighted by molar-refractivity contribution is -0.123. The zero-order valence-corrected chi connectivity index (χ0v) is 12.4. The third-order valence-corrected chi connectivity index (χ3v) is 5.12. The molecule has 3 atom stereocenters. The minimum absolute atomic E-state index is 0.0737. The van der Waals surface area contributed by atoms with Crippen LogP contribution in [0.3, 0.4) is 0 Å². The minimum Gasteiger partial charge on any atom is -0.273 e. The smallest absolute Gasteiger partial charge is 0.244 e. The van der Waals surface area contributed by atoms with Gasteiger partial charge in [0.25, 0.3) is 0 Å². The van der Waals surface area contributed by atoms with Gasteiger partial charge in [0.15, 0.2) is 0 Å². The summed E-state index contributed by atoms with van der Waals surface area (Å²) in [6, 6.07) is 7.36. The fourth-order valence-corrected chi connectivity index (χ4v) is 3.77. The van der Waals surface area contributed by atoms with Crippen molar-refractivity contribution < 1.29 is 4.79 Å². The Hall–Kier alpha value is -1.35. The molecule has 20 heavy (non-hydrogen) atoms. The van der Waals surface area contributed by atoms with Crippen LogP contribution in [0, 0.1) is 17.3 Å². The van der Waals surface area contributed by atoms with E-state index >= 15 is 0 Å². The normalized spacial score (nSPS) is 31.9. The molecule has 0 aromatic heterocycles. The molecule has 1 aromatic rings. The summed E-state index contributed by atoms with van der Waals surface area (Å²) in [7, 11) is 0. The third-order valence-electron chi connectivity index (χ3n) is 4.87. The molecule has 0 unspecified atom stereocenters. The fraction of sp³-hybridized carbons (Fsp3) is 0.500. The van der Waals surface area contributed by atoms with Gasteiger partial charge >= 0.3 is 0 Å². The van der Waals surface area contributed by atoms with E-state index in [0.717, 1.165) is 5.56 Å². The van der Waals surface area contributed by atoms with Crippen LogP contribution in [-0.4, -0.2) is 12.1 Å². The highest BCUT2D eigenvalue weighted by Crippen LogP contribution is 2.66. The quantitative estimate of drug-likeness (QED) is 0.670. The largest absolute Gasteiger partial charge is 0.273 e. The van der Waals surface area contributed by atoms with Gasteiger partial charge in [0.2, 0.25) is 5.91 Å². The molecule has 2 saturated carbocycles. The Bertz CT molecular complexity index is 540. The SMILES string of the molecule is C[C@]12CCCC[C@H]1[C@H]2C(=O)N/N=C\c1ccc(Cl)cc1. The van der Waals surface area contributed by atoms with Crippen molar-refractivity contribution in [3.8, 4) is 0 Å². The Morgan fingerprint density at radius 2 is 2.15 bits per heavy atom. The number of halogens is 1. The molecular weight excluding hydrogens is 272 g/mol. The molecule has 2 fully saturated rings. The maximum atomic E-state index is 12.2. The summed E-state index contributed by atoms with van der Waals surface area (Å²) in [5.41, 5.74) is 3.85. The fourth-order valence-electron chi connectivity index (χ4n) is 3.64. The summed E-state index contributed by atoms with van der Waals surface area (Å²) < 4.78 is 0. The van der Waals surface area contributed by atoms with E-state index in [1.54, 1.807) is 18.3 Å². The topological polar surface area (TPSA) is 41.5 Å². The number of carbonyl (C=O) groups is 1. The number of hydrogen-bond donors (Lipinski definition) is 1. The minimum atomic E-state index is 0.0737. The molecule has 1 N–H and O–H groups in total. The molecule has 4 heteroatoms. The molecule has 0 spiro atoms. The van der Waals surface area contributed by atoms with Crippen LogP contribution in [0.5, 0.6) is 0 Å². The van der Waals surface area contributed by atoms with E-state index in [9.17, 15) is 4.79 Å². The third kappa shape index (κ3) is 2.47. The lowest BCUT2D eigenvalue weighted by atomic mass is 9.90. The molecule has 1 aromatic carbocycles. The second kappa shape index (κ2) is 5.21. The van der Waals surface area contributed by atoms with Gasteiger partial charge in [-0.15, -0.1) is 0 Å². The zero-order chi connectivity index (χ0) is 14.2. The van der Waals surface area contributed by atoms with Crippen molar-refractivity contribution in [1.29, 1.82) is 0 Å². The van der Waals surface area contributed by atoms with Gasteiger partial charge < -0.3 is 0 Å². The van der Waals surface area contributed by atoms with Gasteiger partial charge in [0, 0.05) is 10.9 Å². The first-order chi connectivity index (χ1) is 9.61. The van der Waals surface area contributed by atoms with Gasteiger partial charge in [-0.1, -0.05) is 43.5 Å². The van der Waals surface area contributed by atoms with Crippen LogP contribution < -0.4 is 5.43 Å². The summed E-state index contributed by atoms with van der Waals surface area (Å²) in [5.74, 6) is 0.805. The first-order valence-corrected chi connectivity index (χ1v) is 7.57. The van der Waals surface area contributed by atoms with E-state index in [4.69, 9.17) is 11.6 Å². The number of hydrogen-bond acceptors (Lipinski definition) is 2. The summed E-state index contributed by atoms with van der Waals surface area (Å²) >= 11 is 5.82. The van der Waals surface area contributed by atoms with Crippen LogP contribution >= 0.6 is 11.6 Å². The van der Waals surface area contributed by atoms with E-state index in [1.165, 1.54) is 25.7 Å². The van der Waals surface area contributed by atoms with Crippen LogP contribution in [0.15, 0.2) is 29.4 Å². The highest BCUT2D eigenvalue weighted by Gasteiger charge is 2.64. The molecule has 0 radical (unpaired) electrons. The van der Waals surface area contributed by atoms with Gasteiger partial charge in [-0.05, 0) is 41.9 Å². The maximum Gasteiger partial charge on any atom is 0.244 e. The van der Waals surface area contributed by atoms with E-state index < -0.39 is 0 Å². The molecule has 2 aliphatic carbocycles. The molecule has 0 heterocycles. The van der Waals surface area contributed by atoms with Crippen LogP contribution in [0.2, 0.25) is 5.02 Å². The average molecular weight is 291 g/mol. The van der Waals surface area contributed by atoms with Crippen molar-refractivity contribution in [2.75, 3.05) is 0 Å². The Morgan fingerprint density at radius 1 is 1.40 bits per heavy atom. The summed E-state index contributed by atoms with van der Waals surface area (Å²) in [4.78, 5) is 12.2. The molecular formula is C16H19ClN2O. The number of benzene rings is 1. The van der Waals surface area contributed by atoms with E-state index in [0.29, 0.717) is 10.9 Å². The Labute approximate surface area is 124 Å². The van der Waals surface area contributed by atoms with Gasteiger partial charge in [-0.25, -0.2) is 5.43 Å². The first-order valence-electron chi connectivity index (χ1n) is 7.20. The second-order valence-corrected chi connectivity index (χ2v) is 6.56. The molecule has 3 nitrogen and oxygen atoms in total. The van der Waals surface area contributed by atoms with Crippen LogP contribution in [0.1, 0.15) is 38.2 Å². The number of hydrazone groups is 1. The van der Waals surface area contributed by atoms with Crippen LogP contribution in [0.25, 0.3) is 0 Å². The van der Waals surface area contributed by atoms with Gasteiger partial charge in [0.05, 0.1) is 6.21 Å². The Morgan fingerprint density at radius 3 is 2.80 bits per heavy atom. The number of nitrogens with zero attached hydrogens (tertiary/aromatic N) is 1. The molecule has 0 bridgehead atoms. The predicted molar refractivity (Wildman–Crippen MR) is 80.7 cm³/mol. The van der Waals surface area contributed by atoms with Gasteiger partial charge in [-0.2, -0.15) is 5.10 Å². The summed E-state index contributed by atoms with van der Waals surface area (Å²) in [5, 5.41) is 4.75. The van der Waals surface area contributed by atoms with Crippen molar-refractivity contribution in [2.24, 2.45) is 22.4 Å². The number of amides is 1. The number of rotatable bonds is 3. The average Bonchev–Trinajstić information content (AvgIpc) is 3.06. The lowest BCUT2D eigenvalue weighted by Crippen LogP contribution is -2.22. The maximum absolute atomic E-state index is 12.2. The van der Waals surface area contributed by atoms with Gasteiger partial charge in [0.1, 0.15) is 0 Å². The molecule has 2 aliphatic rings. The zero-order valence-electron chi connectivity index (χ0n) is 11.6.